The highest BCUT2D eigenvalue weighted by Gasteiger charge is 2.29. The molecule has 5 nitrogen and oxygen atoms in total. The molecule has 0 saturated heterocycles. The largest absolute Gasteiger partial charge is 0.393 e. The summed E-state index contributed by atoms with van der Waals surface area (Å²) >= 11 is 5.01. The second kappa shape index (κ2) is 10.1. The van der Waals surface area contributed by atoms with E-state index in [1.165, 1.54) is 0 Å². The first-order valence-electron chi connectivity index (χ1n) is 6.51. The van der Waals surface area contributed by atoms with E-state index in [0.717, 1.165) is 6.42 Å². The van der Waals surface area contributed by atoms with E-state index in [1.54, 1.807) is 19.1 Å². The van der Waals surface area contributed by atoms with Gasteiger partial charge < -0.3 is 20.1 Å². The fourth-order valence-electron chi connectivity index (χ4n) is 1.87. The predicted molar refractivity (Wildman–Crippen MR) is 80.1 cm³/mol. The highest BCUT2D eigenvalue weighted by atomic mass is 32.1. The SMILES string of the molecule is COCCCN(CCOC)C(=O)C(C(N)=S)C(C)C. The van der Waals surface area contributed by atoms with Gasteiger partial charge in [-0.3, -0.25) is 4.79 Å². The molecule has 2 N–H and O–H groups in total. The Morgan fingerprint density at radius 2 is 1.79 bits per heavy atom. The molecule has 0 bridgehead atoms. The van der Waals surface area contributed by atoms with Crippen molar-refractivity contribution in [2.45, 2.75) is 20.3 Å². The van der Waals surface area contributed by atoms with Crippen LogP contribution in [0.25, 0.3) is 0 Å². The number of methoxy groups -OCH3 is 2. The van der Waals surface area contributed by atoms with E-state index >= 15 is 0 Å². The van der Waals surface area contributed by atoms with Crippen LogP contribution < -0.4 is 5.73 Å². The monoisotopic (exact) mass is 290 g/mol. The van der Waals surface area contributed by atoms with Crippen LogP contribution in [-0.4, -0.2) is 56.3 Å². The van der Waals surface area contributed by atoms with Crippen LogP contribution in [-0.2, 0) is 14.3 Å². The molecule has 0 aliphatic carbocycles. The maximum atomic E-state index is 12.5. The average molecular weight is 290 g/mol. The molecule has 0 aromatic rings. The van der Waals surface area contributed by atoms with Crippen LogP contribution >= 0.6 is 12.2 Å². The van der Waals surface area contributed by atoms with Crippen molar-refractivity contribution in [1.82, 2.24) is 4.90 Å². The molecule has 112 valence electrons. The van der Waals surface area contributed by atoms with Crippen molar-refractivity contribution in [2.24, 2.45) is 17.6 Å². The second-order valence-corrected chi connectivity index (χ2v) is 5.26. The third kappa shape index (κ3) is 6.84. The minimum Gasteiger partial charge on any atom is -0.393 e. The topological polar surface area (TPSA) is 64.8 Å². The zero-order valence-corrected chi connectivity index (χ0v) is 13.2. The Balaban J connectivity index is 4.69. The molecular formula is C13H26N2O3S. The van der Waals surface area contributed by atoms with E-state index < -0.39 is 5.92 Å². The quantitative estimate of drug-likeness (QED) is 0.481. The number of carbonyl (C=O) groups is 1. The van der Waals surface area contributed by atoms with E-state index in [2.05, 4.69) is 0 Å². The number of hydrogen-bond donors (Lipinski definition) is 1. The smallest absolute Gasteiger partial charge is 0.232 e. The summed E-state index contributed by atoms with van der Waals surface area (Å²) in [4.78, 5) is 14.5. The molecule has 0 aromatic carbocycles. The summed E-state index contributed by atoms with van der Waals surface area (Å²) in [6, 6.07) is 0. The first kappa shape index (κ1) is 18.3. The van der Waals surface area contributed by atoms with Crippen molar-refractivity contribution in [3.8, 4) is 0 Å². The van der Waals surface area contributed by atoms with Crippen molar-refractivity contribution < 1.29 is 14.3 Å². The molecular weight excluding hydrogens is 264 g/mol. The van der Waals surface area contributed by atoms with Crippen LogP contribution in [0.3, 0.4) is 0 Å². The molecule has 1 atom stereocenters. The van der Waals surface area contributed by atoms with Gasteiger partial charge in [0.15, 0.2) is 0 Å². The summed E-state index contributed by atoms with van der Waals surface area (Å²) < 4.78 is 10.1. The lowest BCUT2D eigenvalue weighted by Gasteiger charge is -2.28. The number of ether oxygens (including phenoxy) is 2. The minimum atomic E-state index is -0.408. The summed E-state index contributed by atoms with van der Waals surface area (Å²) in [6.07, 6.45) is 0.786. The fraction of sp³-hybridized carbons (Fsp3) is 0.846. The normalized spacial score (nSPS) is 12.5. The van der Waals surface area contributed by atoms with Gasteiger partial charge in [-0.2, -0.15) is 0 Å². The van der Waals surface area contributed by atoms with Crippen molar-refractivity contribution in [2.75, 3.05) is 40.5 Å². The van der Waals surface area contributed by atoms with E-state index in [1.807, 2.05) is 13.8 Å². The Hall–Kier alpha value is -0.720. The number of nitrogens with zero attached hydrogens (tertiary/aromatic N) is 1. The highest BCUT2D eigenvalue weighted by molar-refractivity contribution is 7.80. The standard InChI is InChI=1S/C13H26N2O3S/c1-10(2)11(12(14)19)13(16)15(7-9-18-4)6-5-8-17-3/h10-11H,5-9H2,1-4H3,(H2,14,19). The van der Waals surface area contributed by atoms with E-state index in [0.29, 0.717) is 26.3 Å². The van der Waals surface area contributed by atoms with Gasteiger partial charge in [0.05, 0.1) is 17.5 Å². The summed E-state index contributed by atoms with van der Waals surface area (Å²) in [5.41, 5.74) is 5.69. The lowest BCUT2D eigenvalue weighted by atomic mass is 9.94. The second-order valence-electron chi connectivity index (χ2n) is 4.79. The van der Waals surface area contributed by atoms with Crippen LogP contribution in [0.15, 0.2) is 0 Å². The van der Waals surface area contributed by atoms with Gasteiger partial charge in [-0.05, 0) is 12.3 Å². The van der Waals surface area contributed by atoms with Gasteiger partial charge in [0, 0.05) is 33.9 Å². The molecule has 0 fully saturated rings. The Bertz CT molecular complexity index is 285. The zero-order chi connectivity index (χ0) is 14.8. The number of rotatable bonds is 10. The molecule has 0 aromatic heterocycles. The Morgan fingerprint density at radius 3 is 2.21 bits per heavy atom. The summed E-state index contributed by atoms with van der Waals surface area (Å²) in [5.74, 6) is -0.331. The molecule has 1 amide bonds. The van der Waals surface area contributed by atoms with Crippen LogP contribution in [0.2, 0.25) is 0 Å². The predicted octanol–water partition coefficient (Wildman–Crippen LogP) is 1.06. The third-order valence-corrected chi connectivity index (χ3v) is 3.15. The number of nitrogens with two attached hydrogens (primary N) is 1. The Labute approximate surface area is 121 Å². The van der Waals surface area contributed by atoms with E-state index in [4.69, 9.17) is 27.4 Å². The van der Waals surface area contributed by atoms with Gasteiger partial charge in [-0.1, -0.05) is 26.1 Å². The average Bonchev–Trinajstić information content (AvgIpc) is 2.32. The highest BCUT2D eigenvalue weighted by Crippen LogP contribution is 2.15. The van der Waals surface area contributed by atoms with Crippen molar-refractivity contribution in [3.63, 3.8) is 0 Å². The summed E-state index contributed by atoms with van der Waals surface area (Å²) in [5, 5.41) is 0. The molecule has 0 spiro atoms. The Kier molecular flexibility index (Phi) is 9.73. The molecule has 0 rings (SSSR count). The first-order chi connectivity index (χ1) is 8.95. The van der Waals surface area contributed by atoms with Crippen LogP contribution in [0.5, 0.6) is 0 Å². The molecule has 19 heavy (non-hydrogen) atoms. The van der Waals surface area contributed by atoms with Crippen LogP contribution in [0.4, 0.5) is 0 Å². The van der Waals surface area contributed by atoms with Crippen LogP contribution in [0.1, 0.15) is 20.3 Å². The number of carbonyl (C=O) groups excluding carboxylic acids is 1. The van der Waals surface area contributed by atoms with E-state index in [9.17, 15) is 4.79 Å². The molecule has 6 heteroatoms. The van der Waals surface area contributed by atoms with E-state index in [-0.39, 0.29) is 16.8 Å². The maximum Gasteiger partial charge on any atom is 0.232 e. The lowest BCUT2D eigenvalue weighted by molar-refractivity contribution is -0.135. The zero-order valence-electron chi connectivity index (χ0n) is 12.3. The van der Waals surface area contributed by atoms with Crippen LogP contribution in [0, 0.1) is 11.8 Å². The van der Waals surface area contributed by atoms with Crippen molar-refractivity contribution in [3.05, 3.63) is 0 Å². The Morgan fingerprint density at radius 1 is 1.21 bits per heavy atom. The molecule has 0 aliphatic rings. The van der Waals surface area contributed by atoms with Crippen molar-refractivity contribution in [1.29, 1.82) is 0 Å². The number of amides is 1. The van der Waals surface area contributed by atoms with Crippen molar-refractivity contribution >= 4 is 23.1 Å². The first-order valence-corrected chi connectivity index (χ1v) is 6.92. The molecule has 0 aliphatic heterocycles. The molecule has 1 unspecified atom stereocenters. The number of hydrogen-bond acceptors (Lipinski definition) is 4. The molecule has 0 heterocycles. The summed E-state index contributed by atoms with van der Waals surface area (Å²) in [7, 11) is 3.26. The van der Waals surface area contributed by atoms with Gasteiger partial charge in [-0.25, -0.2) is 0 Å². The van der Waals surface area contributed by atoms with Gasteiger partial charge in [0.25, 0.3) is 0 Å². The third-order valence-electron chi connectivity index (χ3n) is 2.89. The van der Waals surface area contributed by atoms with Gasteiger partial charge in [-0.15, -0.1) is 0 Å². The minimum absolute atomic E-state index is 0.0179. The van der Waals surface area contributed by atoms with Gasteiger partial charge in [0.1, 0.15) is 0 Å². The lowest BCUT2D eigenvalue weighted by Crippen LogP contribution is -2.45. The molecule has 0 radical (unpaired) electrons. The molecule has 0 saturated carbocycles. The number of thiocarbonyl (C=S) groups is 1. The maximum absolute atomic E-state index is 12.5. The fourth-order valence-corrected chi connectivity index (χ4v) is 2.24. The van der Waals surface area contributed by atoms with Gasteiger partial charge >= 0.3 is 0 Å². The van der Waals surface area contributed by atoms with Gasteiger partial charge in [0.2, 0.25) is 5.91 Å². The summed E-state index contributed by atoms with van der Waals surface area (Å²) in [6.45, 7) is 6.20.